The lowest BCUT2D eigenvalue weighted by Gasteiger charge is -2.33. The number of halogens is 1. The molecule has 2 amide bonds. The summed E-state index contributed by atoms with van der Waals surface area (Å²) in [6.45, 7) is 0.0486. The third kappa shape index (κ3) is 8.19. The quantitative estimate of drug-likeness (QED) is 0.331. The molecule has 1 fully saturated rings. The summed E-state index contributed by atoms with van der Waals surface area (Å²) in [5, 5.41) is 3.22. The Morgan fingerprint density at radius 1 is 0.865 bits per heavy atom. The van der Waals surface area contributed by atoms with Gasteiger partial charge in [-0.2, -0.15) is 0 Å². The third-order valence-electron chi connectivity index (χ3n) is 6.86. The van der Waals surface area contributed by atoms with Gasteiger partial charge in [-0.3, -0.25) is 9.59 Å². The number of hydrogen-bond acceptors (Lipinski definition) is 3. The first kappa shape index (κ1) is 26.9. The molecule has 0 aliphatic heterocycles. The number of nitrogens with one attached hydrogen (secondary N) is 1. The summed E-state index contributed by atoms with van der Waals surface area (Å²) >= 11 is 1.51. The second kappa shape index (κ2) is 14.0. The monoisotopic (exact) mass is 518 g/mol. The van der Waals surface area contributed by atoms with Crippen molar-refractivity contribution in [3.8, 4) is 0 Å². The summed E-state index contributed by atoms with van der Waals surface area (Å²) in [7, 11) is 0. The summed E-state index contributed by atoms with van der Waals surface area (Å²) in [5.74, 6) is 0.212. The van der Waals surface area contributed by atoms with E-state index in [4.69, 9.17) is 0 Å². The fourth-order valence-corrected chi connectivity index (χ4v) is 5.69. The molecule has 1 atom stereocenters. The maximum Gasteiger partial charge on any atom is 0.243 e. The van der Waals surface area contributed by atoms with Crippen LogP contribution in [-0.2, 0) is 28.3 Å². The van der Waals surface area contributed by atoms with E-state index >= 15 is 0 Å². The van der Waals surface area contributed by atoms with Gasteiger partial charge in [0.05, 0.1) is 5.75 Å². The zero-order valence-electron chi connectivity index (χ0n) is 21.2. The Bertz CT molecular complexity index is 1140. The zero-order valence-corrected chi connectivity index (χ0v) is 22.0. The van der Waals surface area contributed by atoms with Crippen molar-refractivity contribution in [2.75, 3.05) is 5.75 Å². The molecule has 4 nitrogen and oxygen atoms in total. The molecular weight excluding hydrogens is 483 g/mol. The first-order chi connectivity index (χ1) is 18.1. The molecule has 0 bridgehead atoms. The number of hydrogen-bond donors (Lipinski definition) is 1. The number of carbonyl (C=O) groups excluding carboxylic acids is 2. The molecule has 3 aromatic rings. The Kier molecular flexibility index (Phi) is 10.2. The molecule has 1 aliphatic carbocycles. The molecule has 6 heteroatoms. The van der Waals surface area contributed by atoms with Crippen LogP contribution >= 0.6 is 11.8 Å². The van der Waals surface area contributed by atoms with Crippen LogP contribution in [0.4, 0.5) is 4.39 Å². The van der Waals surface area contributed by atoms with E-state index < -0.39 is 6.04 Å². The molecule has 3 aromatic carbocycles. The van der Waals surface area contributed by atoms with Crippen molar-refractivity contribution in [2.45, 2.75) is 62.9 Å². The van der Waals surface area contributed by atoms with Gasteiger partial charge in [0.1, 0.15) is 11.9 Å². The molecule has 0 radical (unpaired) electrons. The van der Waals surface area contributed by atoms with Gasteiger partial charge >= 0.3 is 0 Å². The highest BCUT2D eigenvalue weighted by molar-refractivity contribution is 7.99. The largest absolute Gasteiger partial charge is 0.352 e. The molecule has 194 valence electrons. The Morgan fingerprint density at radius 3 is 2.16 bits per heavy atom. The number of benzene rings is 3. The SMILES string of the molecule is O=C(NC1CCCCC1)[C@H](Cc1ccccc1)N(Cc1ccccc1F)C(=O)CSCc1ccccc1. The molecule has 1 saturated carbocycles. The van der Waals surface area contributed by atoms with Gasteiger partial charge < -0.3 is 10.2 Å². The second-order valence-electron chi connectivity index (χ2n) is 9.64. The van der Waals surface area contributed by atoms with Crippen LogP contribution in [0.25, 0.3) is 0 Å². The highest BCUT2D eigenvalue weighted by Gasteiger charge is 2.32. The maximum absolute atomic E-state index is 14.7. The Balaban J connectivity index is 1.57. The molecule has 0 unspecified atom stereocenters. The minimum absolute atomic E-state index is 0.0486. The van der Waals surface area contributed by atoms with E-state index in [2.05, 4.69) is 5.32 Å². The van der Waals surface area contributed by atoms with Crippen LogP contribution < -0.4 is 5.32 Å². The molecule has 0 heterocycles. The number of carbonyl (C=O) groups is 2. The van der Waals surface area contributed by atoms with Crippen LogP contribution in [0.2, 0.25) is 0 Å². The van der Waals surface area contributed by atoms with Crippen molar-refractivity contribution in [1.29, 1.82) is 0 Å². The van der Waals surface area contributed by atoms with Gasteiger partial charge in [-0.25, -0.2) is 4.39 Å². The third-order valence-corrected chi connectivity index (χ3v) is 7.85. The number of amides is 2. The van der Waals surface area contributed by atoms with E-state index in [1.807, 2.05) is 60.7 Å². The van der Waals surface area contributed by atoms with Crippen LogP contribution in [0.1, 0.15) is 48.8 Å². The van der Waals surface area contributed by atoms with Crippen LogP contribution in [0.5, 0.6) is 0 Å². The average Bonchev–Trinajstić information content (AvgIpc) is 2.93. The van der Waals surface area contributed by atoms with E-state index in [-0.39, 0.29) is 36.0 Å². The minimum atomic E-state index is -0.728. The van der Waals surface area contributed by atoms with Gasteiger partial charge in [0, 0.05) is 30.3 Å². The molecule has 0 saturated heterocycles. The summed E-state index contributed by atoms with van der Waals surface area (Å²) in [6.07, 6.45) is 5.68. The van der Waals surface area contributed by atoms with Gasteiger partial charge in [-0.15, -0.1) is 11.8 Å². The molecule has 1 aliphatic rings. The number of thioether (sulfide) groups is 1. The van der Waals surface area contributed by atoms with Crippen LogP contribution in [0.15, 0.2) is 84.9 Å². The summed E-state index contributed by atoms with van der Waals surface area (Å²) in [5.41, 5.74) is 2.51. The molecule has 0 aromatic heterocycles. The maximum atomic E-state index is 14.7. The summed E-state index contributed by atoms with van der Waals surface area (Å²) < 4.78 is 14.7. The van der Waals surface area contributed by atoms with Gasteiger partial charge in [-0.1, -0.05) is 98.1 Å². The topological polar surface area (TPSA) is 49.4 Å². The predicted octanol–water partition coefficient (Wildman–Crippen LogP) is 6.15. The van der Waals surface area contributed by atoms with E-state index in [0.717, 1.165) is 36.8 Å². The molecule has 37 heavy (non-hydrogen) atoms. The van der Waals surface area contributed by atoms with E-state index in [0.29, 0.717) is 17.7 Å². The molecule has 0 spiro atoms. The number of rotatable bonds is 11. The first-order valence-electron chi connectivity index (χ1n) is 13.1. The van der Waals surface area contributed by atoms with Gasteiger partial charge in [0.25, 0.3) is 0 Å². The van der Waals surface area contributed by atoms with Crippen LogP contribution in [-0.4, -0.2) is 34.6 Å². The van der Waals surface area contributed by atoms with Crippen molar-refractivity contribution < 1.29 is 14.0 Å². The Labute approximate surface area is 223 Å². The average molecular weight is 519 g/mol. The summed E-state index contributed by atoms with van der Waals surface area (Å²) in [4.78, 5) is 29.0. The molecule has 1 N–H and O–H groups in total. The van der Waals surface area contributed by atoms with Crippen molar-refractivity contribution in [1.82, 2.24) is 10.2 Å². The predicted molar refractivity (Wildman–Crippen MR) is 149 cm³/mol. The van der Waals surface area contributed by atoms with Gasteiger partial charge in [0.2, 0.25) is 11.8 Å². The Hall–Kier alpha value is -3.12. The lowest BCUT2D eigenvalue weighted by molar-refractivity contribution is -0.139. The van der Waals surface area contributed by atoms with Crippen molar-refractivity contribution in [2.24, 2.45) is 0 Å². The number of nitrogens with zero attached hydrogens (tertiary/aromatic N) is 1. The van der Waals surface area contributed by atoms with Crippen LogP contribution in [0.3, 0.4) is 0 Å². The van der Waals surface area contributed by atoms with E-state index in [1.54, 1.807) is 23.1 Å². The fourth-order valence-electron chi connectivity index (χ4n) is 4.82. The molecular formula is C31H35FN2O2S. The van der Waals surface area contributed by atoms with Gasteiger partial charge in [-0.05, 0) is 30.0 Å². The lowest BCUT2D eigenvalue weighted by atomic mass is 9.94. The highest BCUT2D eigenvalue weighted by atomic mass is 32.2. The molecule has 4 rings (SSSR count). The van der Waals surface area contributed by atoms with Crippen molar-refractivity contribution >= 4 is 23.6 Å². The highest BCUT2D eigenvalue weighted by Crippen LogP contribution is 2.22. The lowest BCUT2D eigenvalue weighted by Crippen LogP contribution is -2.53. The first-order valence-corrected chi connectivity index (χ1v) is 14.2. The normalized spacial score (nSPS) is 14.6. The summed E-state index contributed by atoms with van der Waals surface area (Å²) in [6, 6.07) is 25.6. The smallest absolute Gasteiger partial charge is 0.243 e. The standard InChI is InChI=1S/C31H35FN2O2S/c32-28-19-11-10-16-26(28)21-34(30(35)23-37-22-25-14-6-2-7-15-25)29(20-24-12-4-1-5-13-24)31(36)33-27-17-8-3-9-18-27/h1-2,4-7,10-16,19,27,29H,3,8-9,17-18,20-23H2,(H,33,36)/t29-/m0/s1. The van der Waals surface area contributed by atoms with Crippen LogP contribution in [0, 0.1) is 5.82 Å². The van der Waals surface area contributed by atoms with Crippen molar-refractivity contribution in [3.63, 3.8) is 0 Å². The van der Waals surface area contributed by atoms with E-state index in [9.17, 15) is 14.0 Å². The Morgan fingerprint density at radius 2 is 1.49 bits per heavy atom. The fraction of sp³-hybridized carbons (Fsp3) is 0.355. The van der Waals surface area contributed by atoms with Crippen molar-refractivity contribution in [3.05, 3.63) is 107 Å². The van der Waals surface area contributed by atoms with E-state index in [1.165, 1.54) is 24.2 Å². The van der Waals surface area contributed by atoms with Gasteiger partial charge in [0.15, 0.2) is 0 Å². The second-order valence-corrected chi connectivity index (χ2v) is 10.6. The zero-order chi connectivity index (χ0) is 25.9. The minimum Gasteiger partial charge on any atom is -0.352 e.